The first-order valence-electron chi connectivity index (χ1n) is 6.82. The van der Waals surface area contributed by atoms with Crippen LogP contribution in [0.5, 0.6) is 5.75 Å². The molecule has 2 aromatic rings. The van der Waals surface area contributed by atoms with Gasteiger partial charge in [-0.15, -0.1) is 0 Å². The van der Waals surface area contributed by atoms with Gasteiger partial charge in [-0.3, -0.25) is 10.1 Å². The zero-order valence-corrected chi connectivity index (χ0v) is 11.6. The van der Waals surface area contributed by atoms with E-state index < -0.39 is 4.92 Å². The van der Waals surface area contributed by atoms with E-state index in [0.29, 0.717) is 12.4 Å². The summed E-state index contributed by atoms with van der Waals surface area (Å²) in [6, 6.07) is 16.5. The lowest BCUT2D eigenvalue weighted by Gasteiger charge is -2.02. The van der Waals surface area contributed by atoms with Gasteiger partial charge >= 0.3 is 0 Å². The first-order chi connectivity index (χ1) is 10.3. The molecule has 0 heterocycles. The van der Waals surface area contributed by atoms with Crippen LogP contribution in [0.4, 0.5) is 5.69 Å². The number of nitro benzene ring substituents is 1. The summed E-state index contributed by atoms with van der Waals surface area (Å²) in [5, 5.41) is 10.6. The molecule has 0 N–H and O–H groups in total. The van der Waals surface area contributed by atoms with Crippen LogP contribution < -0.4 is 4.74 Å². The highest BCUT2D eigenvalue weighted by molar-refractivity contribution is 5.38. The predicted molar refractivity (Wildman–Crippen MR) is 82.5 cm³/mol. The van der Waals surface area contributed by atoms with Crippen molar-refractivity contribution >= 4 is 5.69 Å². The highest BCUT2D eigenvalue weighted by Crippen LogP contribution is 2.18. The van der Waals surface area contributed by atoms with E-state index in [1.165, 1.54) is 17.7 Å². The third-order valence-corrected chi connectivity index (χ3v) is 2.98. The van der Waals surface area contributed by atoms with E-state index >= 15 is 0 Å². The van der Waals surface area contributed by atoms with E-state index in [0.717, 1.165) is 12.8 Å². The van der Waals surface area contributed by atoms with Crippen molar-refractivity contribution in [2.75, 3.05) is 6.61 Å². The first-order valence-corrected chi connectivity index (χ1v) is 6.82. The molecule has 0 saturated carbocycles. The maximum atomic E-state index is 10.6. The van der Waals surface area contributed by atoms with Gasteiger partial charge in [0.15, 0.2) is 0 Å². The van der Waals surface area contributed by atoms with Gasteiger partial charge in [-0.2, -0.15) is 0 Å². The van der Waals surface area contributed by atoms with Crippen molar-refractivity contribution in [2.24, 2.45) is 0 Å². The molecule has 0 unspecified atom stereocenters. The maximum Gasteiger partial charge on any atom is 0.273 e. The Morgan fingerprint density at radius 2 is 1.86 bits per heavy atom. The van der Waals surface area contributed by atoms with E-state index in [-0.39, 0.29) is 5.69 Å². The molecule has 0 fully saturated rings. The van der Waals surface area contributed by atoms with E-state index in [1.807, 2.05) is 24.3 Å². The van der Waals surface area contributed by atoms with E-state index in [9.17, 15) is 10.1 Å². The van der Waals surface area contributed by atoms with Gasteiger partial charge in [0, 0.05) is 6.07 Å². The molecule has 108 valence electrons. The number of nitro groups is 1. The fourth-order valence-electron chi connectivity index (χ4n) is 1.91. The van der Waals surface area contributed by atoms with Crippen molar-refractivity contribution in [3.8, 4) is 5.75 Å². The summed E-state index contributed by atoms with van der Waals surface area (Å²) in [4.78, 5) is 10.2. The molecule has 4 heteroatoms. The van der Waals surface area contributed by atoms with Crippen molar-refractivity contribution in [3.05, 3.63) is 82.4 Å². The highest BCUT2D eigenvalue weighted by atomic mass is 16.6. The second kappa shape index (κ2) is 7.85. The standard InChI is InChI=1S/C17H17NO3/c19-18(20)16-11-7-12-17(14-16)21-13-6-2-5-10-15-8-3-1-4-9-15/h1-4,6-9,11-12,14H,5,10,13H2/b6-2+. The summed E-state index contributed by atoms with van der Waals surface area (Å²) in [7, 11) is 0. The average molecular weight is 283 g/mol. The minimum absolute atomic E-state index is 0.0422. The van der Waals surface area contributed by atoms with Crippen LogP contribution >= 0.6 is 0 Å². The summed E-state index contributed by atoms with van der Waals surface area (Å²) in [6.45, 7) is 0.413. The number of non-ortho nitro benzene ring substituents is 1. The number of benzene rings is 2. The zero-order valence-electron chi connectivity index (χ0n) is 11.6. The third-order valence-electron chi connectivity index (χ3n) is 2.98. The molecule has 0 spiro atoms. The molecule has 0 aliphatic carbocycles. The van der Waals surface area contributed by atoms with Gasteiger partial charge in [0.05, 0.1) is 11.0 Å². The van der Waals surface area contributed by atoms with Crippen LogP contribution in [0.1, 0.15) is 12.0 Å². The summed E-state index contributed by atoms with van der Waals surface area (Å²) >= 11 is 0. The molecule has 0 bridgehead atoms. The zero-order chi connectivity index (χ0) is 14.9. The van der Waals surface area contributed by atoms with E-state index in [4.69, 9.17) is 4.74 Å². The Labute approximate surface area is 123 Å². The highest BCUT2D eigenvalue weighted by Gasteiger charge is 2.05. The fourth-order valence-corrected chi connectivity index (χ4v) is 1.91. The molecule has 0 aromatic heterocycles. The number of nitrogens with zero attached hydrogens (tertiary/aromatic N) is 1. The SMILES string of the molecule is O=[N+]([O-])c1cccc(OC/C=C/CCc2ccccc2)c1. The van der Waals surface area contributed by atoms with Gasteiger partial charge in [0.25, 0.3) is 5.69 Å². The fraction of sp³-hybridized carbons (Fsp3) is 0.176. The topological polar surface area (TPSA) is 52.4 Å². The molecule has 0 aliphatic rings. The summed E-state index contributed by atoms with van der Waals surface area (Å²) in [5.41, 5.74) is 1.35. The van der Waals surface area contributed by atoms with Crippen molar-refractivity contribution in [3.63, 3.8) is 0 Å². The molecule has 0 atom stereocenters. The smallest absolute Gasteiger partial charge is 0.273 e. The minimum atomic E-state index is -0.428. The Bertz CT molecular complexity index is 608. The van der Waals surface area contributed by atoms with Crippen LogP contribution in [0.3, 0.4) is 0 Å². The quantitative estimate of drug-likeness (QED) is 0.435. The predicted octanol–water partition coefficient (Wildman–Crippen LogP) is 4.16. The van der Waals surface area contributed by atoms with Crippen molar-refractivity contribution in [2.45, 2.75) is 12.8 Å². The Morgan fingerprint density at radius 1 is 1.05 bits per heavy atom. The Morgan fingerprint density at radius 3 is 2.62 bits per heavy atom. The van der Waals surface area contributed by atoms with Crippen molar-refractivity contribution in [1.29, 1.82) is 0 Å². The number of allylic oxidation sites excluding steroid dienone is 1. The number of ether oxygens (including phenoxy) is 1. The molecule has 0 amide bonds. The summed E-state index contributed by atoms with van der Waals surface area (Å²) in [5.74, 6) is 0.511. The third kappa shape index (κ3) is 5.10. The molecule has 4 nitrogen and oxygen atoms in total. The van der Waals surface area contributed by atoms with Gasteiger partial charge in [-0.25, -0.2) is 0 Å². The summed E-state index contributed by atoms with van der Waals surface area (Å²) < 4.78 is 5.46. The van der Waals surface area contributed by atoms with Crippen LogP contribution in [0.15, 0.2) is 66.7 Å². The van der Waals surface area contributed by atoms with Gasteiger partial charge < -0.3 is 4.74 Å². The van der Waals surface area contributed by atoms with Crippen molar-refractivity contribution in [1.82, 2.24) is 0 Å². The molecule has 21 heavy (non-hydrogen) atoms. The molecule has 0 aliphatic heterocycles. The Balaban J connectivity index is 1.73. The van der Waals surface area contributed by atoms with Crippen LogP contribution in [-0.2, 0) is 6.42 Å². The van der Waals surface area contributed by atoms with Gasteiger partial charge in [0.1, 0.15) is 12.4 Å². The normalized spacial score (nSPS) is 10.7. The van der Waals surface area contributed by atoms with Gasteiger partial charge in [0.2, 0.25) is 0 Å². The second-order valence-electron chi connectivity index (χ2n) is 4.56. The number of aryl methyl sites for hydroxylation is 1. The van der Waals surface area contributed by atoms with Gasteiger partial charge in [-0.05, 0) is 24.5 Å². The molecular formula is C17H17NO3. The lowest BCUT2D eigenvalue weighted by atomic mass is 10.1. The van der Waals surface area contributed by atoms with Crippen LogP contribution in [0.2, 0.25) is 0 Å². The summed E-state index contributed by atoms with van der Waals surface area (Å²) in [6.07, 6.45) is 5.93. The number of hydrogen-bond donors (Lipinski definition) is 0. The van der Waals surface area contributed by atoms with Crippen LogP contribution in [0, 0.1) is 10.1 Å². The number of hydrogen-bond acceptors (Lipinski definition) is 3. The lowest BCUT2D eigenvalue weighted by Crippen LogP contribution is -1.95. The van der Waals surface area contributed by atoms with Crippen LogP contribution in [-0.4, -0.2) is 11.5 Å². The second-order valence-corrected chi connectivity index (χ2v) is 4.56. The number of rotatable bonds is 7. The molecular weight excluding hydrogens is 266 g/mol. The first kappa shape index (κ1) is 14.8. The maximum absolute atomic E-state index is 10.6. The molecule has 2 rings (SSSR count). The van der Waals surface area contributed by atoms with Crippen LogP contribution in [0.25, 0.3) is 0 Å². The average Bonchev–Trinajstić information content (AvgIpc) is 2.52. The minimum Gasteiger partial charge on any atom is -0.489 e. The Kier molecular flexibility index (Phi) is 5.52. The van der Waals surface area contributed by atoms with Crippen molar-refractivity contribution < 1.29 is 9.66 Å². The van der Waals surface area contributed by atoms with E-state index in [2.05, 4.69) is 18.2 Å². The Hall–Kier alpha value is -2.62. The van der Waals surface area contributed by atoms with E-state index in [1.54, 1.807) is 12.1 Å². The lowest BCUT2D eigenvalue weighted by molar-refractivity contribution is -0.384. The monoisotopic (exact) mass is 283 g/mol. The molecule has 2 aromatic carbocycles. The molecule has 0 radical (unpaired) electrons. The molecule has 0 saturated heterocycles. The largest absolute Gasteiger partial charge is 0.489 e. The van der Waals surface area contributed by atoms with Gasteiger partial charge in [-0.1, -0.05) is 48.6 Å².